The maximum atomic E-state index is 11.8. The van der Waals surface area contributed by atoms with Gasteiger partial charge in [0.25, 0.3) is 0 Å². The standard InChI is InChI=1S/C14H23N3O6S/c1-7(9(3)18)17-13(22)8(2)16-11(19)6-15-14(23)10(24-4)5-12(20)21/h7-8,10H,5-6H2,1-4H3,(H,15,23)(H,16,19)(H,17,22)(H,20,21)/t7-,8-,10?/m0/s1. The summed E-state index contributed by atoms with van der Waals surface area (Å²) in [5, 5.41) is 15.0. The summed E-state index contributed by atoms with van der Waals surface area (Å²) in [6, 6.07) is -1.54. The fourth-order valence-electron chi connectivity index (χ4n) is 1.52. The maximum Gasteiger partial charge on any atom is 0.305 e. The Morgan fingerprint density at radius 1 is 1.00 bits per heavy atom. The third kappa shape index (κ3) is 8.51. The van der Waals surface area contributed by atoms with E-state index in [9.17, 15) is 24.0 Å². The minimum atomic E-state index is -1.11. The molecule has 0 aliphatic rings. The lowest BCUT2D eigenvalue weighted by molar-refractivity contribution is -0.138. The van der Waals surface area contributed by atoms with Gasteiger partial charge in [-0.3, -0.25) is 24.0 Å². The molecule has 0 fully saturated rings. The third-order valence-electron chi connectivity index (χ3n) is 3.10. The molecule has 9 nitrogen and oxygen atoms in total. The van der Waals surface area contributed by atoms with Crippen LogP contribution in [0.5, 0.6) is 0 Å². The lowest BCUT2D eigenvalue weighted by atomic mass is 10.2. The van der Waals surface area contributed by atoms with E-state index in [4.69, 9.17) is 5.11 Å². The number of aliphatic carboxylic acids is 1. The molecule has 0 aromatic heterocycles. The van der Waals surface area contributed by atoms with Gasteiger partial charge in [-0.25, -0.2) is 0 Å². The minimum absolute atomic E-state index is 0.212. The molecular formula is C14H23N3O6S. The van der Waals surface area contributed by atoms with Gasteiger partial charge in [0.2, 0.25) is 17.7 Å². The Labute approximate surface area is 144 Å². The smallest absolute Gasteiger partial charge is 0.305 e. The molecule has 1 unspecified atom stereocenters. The molecule has 24 heavy (non-hydrogen) atoms. The molecule has 0 aromatic carbocycles. The quantitative estimate of drug-likeness (QED) is 0.387. The van der Waals surface area contributed by atoms with E-state index < -0.39 is 41.0 Å². The third-order valence-corrected chi connectivity index (χ3v) is 4.05. The van der Waals surface area contributed by atoms with Crippen molar-refractivity contribution in [2.75, 3.05) is 12.8 Å². The van der Waals surface area contributed by atoms with Crippen molar-refractivity contribution >= 4 is 41.2 Å². The molecule has 0 saturated heterocycles. The lowest BCUT2D eigenvalue weighted by Gasteiger charge is -2.17. The van der Waals surface area contributed by atoms with Crippen molar-refractivity contribution in [3.05, 3.63) is 0 Å². The summed E-state index contributed by atoms with van der Waals surface area (Å²) in [4.78, 5) is 57.0. The van der Waals surface area contributed by atoms with Crippen LogP contribution in [0, 0.1) is 0 Å². The zero-order valence-electron chi connectivity index (χ0n) is 14.0. The van der Waals surface area contributed by atoms with E-state index in [1.54, 1.807) is 6.26 Å². The van der Waals surface area contributed by atoms with Crippen molar-refractivity contribution in [2.24, 2.45) is 0 Å². The fourth-order valence-corrected chi connectivity index (χ4v) is 2.13. The first-order chi connectivity index (χ1) is 11.1. The van der Waals surface area contributed by atoms with Gasteiger partial charge >= 0.3 is 5.97 Å². The average Bonchev–Trinajstić information content (AvgIpc) is 2.49. The zero-order valence-corrected chi connectivity index (χ0v) is 14.9. The molecule has 136 valence electrons. The number of ketones is 1. The van der Waals surface area contributed by atoms with Gasteiger partial charge in [0.15, 0.2) is 5.78 Å². The van der Waals surface area contributed by atoms with Crippen molar-refractivity contribution < 1.29 is 29.1 Å². The van der Waals surface area contributed by atoms with Crippen LogP contribution in [0.4, 0.5) is 0 Å². The van der Waals surface area contributed by atoms with E-state index in [1.807, 2.05) is 0 Å². The highest BCUT2D eigenvalue weighted by molar-refractivity contribution is 7.99. The number of hydrogen-bond donors (Lipinski definition) is 4. The molecule has 0 aliphatic carbocycles. The first-order valence-electron chi connectivity index (χ1n) is 7.21. The van der Waals surface area contributed by atoms with Crippen molar-refractivity contribution in [1.82, 2.24) is 16.0 Å². The Morgan fingerprint density at radius 2 is 1.58 bits per heavy atom. The minimum Gasteiger partial charge on any atom is -0.481 e. The van der Waals surface area contributed by atoms with E-state index >= 15 is 0 Å². The maximum absolute atomic E-state index is 11.8. The average molecular weight is 361 g/mol. The van der Waals surface area contributed by atoms with Crippen LogP contribution in [0.3, 0.4) is 0 Å². The number of carboxylic acid groups (broad SMARTS) is 1. The molecule has 0 aromatic rings. The lowest BCUT2D eigenvalue weighted by Crippen LogP contribution is -2.51. The second kappa shape index (κ2) is 10.6. The van der Waals surface area contributed by atoms with Gasteiger partial charge < -0.3 is 21.1 Å². The van der Waals surface area contributed by atoms with E-state index in [0.717, 1.165) is 11.8 Å². The predicted molar refractivity (Wildman–Crippen MR) is 88.5 cm³/mol. The Kier molecular flexibility index (Phi) is 9.70. The van der Waals surface area contributed by atoms with Crippen LogP contribution in [0.15, 0.2) is 0 Å². The van der Waals surface area contributed by atoms with Crippen molar-refractivity contribution in [3.63, 3.8) is 0 Å². The molecule has 0 aliphatic heterocycles. The van der Waals surface area contributed by atoms with Gasteiger partial charge in [0.05, 0.1) is 24.3 Å². The van der Waals surface area contributed by atoms with E-state index in [0.29, 0.717) is 0 Å². The summed E-state index contributed by atoms with van der Waals surface area (Å²) in [5.41, 5.74) is 0. The Balaban J connectivity index is 4.33. The topological polar surface area (TPSA) is 142 Å². The van der Waals surface area contributed by atoms with Crippen LogP contribution in [0.1, 0.15) is 27.2 Å². The highest BCUT2D eigenvalue weighted by Crippen LogP contribution is 2.10. The number of amides is 3. The SMILES string of the molecule is CSC(CC(=O)O)C(=O)NCC(=O)N[C@@H](C)C(=O)N[C@@H](C)C(C)=O. The summed E-state index contributed by atoms with van der Waals surface area (Å²) >= 11 is 1.07. The van der Waals surface area contributed by atoms with Crippen LogP contribution in [-0.2, 0) is 24.0 Å². The number of carbonyl (C=O) groups is 5. The molecule has 0 saturated carbocycles. The second-order valence-corrected chi connectivity index (χ2v) is 6.21. The highest BCUT2D eigenvalue weighted by atomic mass is 32.2. The predicted octanol–water partition coefficient (Wildman–Crippen LogP) is -1.09. The number of carbonyl (C=O) groups excluding carboxylic acids is 4. The fraction of sp³-hybridized carbons (Fsp3) is 0.643. The largest absolute Gasteiger partial charge is 0.481 e. The van der Waals surface area contributed by atoms with Crippen LogP contribution < -0.4 is 16.0 Å². The second-order valence-electron chi connectivity index (χ2n) is 5.17. The van der Waals surface area contributed by atoms with Crippen molar-refractivity contribution in [3.8, 4) is 0 Å². The number of hydrogen-bond acceptors (Lipinski definition) is 6. The molecule has 4 N–H and O–H groups in total. The van der Waals surface area contributed by atoms with E-state index in [-0.39, 0.29) is 18.7 Å². The molecule has 0 radical (unpaired) electrons. The molecule has 3 amide bonds. The van der Waals surface area contributed by atoms with Gasteiger partial charge in [-0.2, -0.15) is 11.8 Å². The summed E-state index contributed by atoms with van der Waals surface area (Å²) in [7, 11) is 0. The number of thioether (sulfide) groups is 1. The van der Waals surface area contributed by atoms with Crippen LogP contribution in [-0.4, -0.2) is 64.7 Å². The van der Waals surface area contributed by atoms with Gasteiger partial charge in [0, 0.05) is 0 Å². The summed E-state index contributed by atoms with van der Waals surface area (Å²) in [5.74, 6) is -3.02. The van der Waals surface area contributed by atoms with Gasteiger partial charge in [0.1, 0.15) is 6.04 Å². The first-order valence-corrected chi connectivity index (χ1v) is 8.49. The van der Waals surface area contributed by atoms with Crippen molar-refractivity contribution in [2.45, 2.75) is 44.5 Å². The summed E-state index contributed by atoms with van der Waals surface area (Å²) < 4.78 is 0. The molecule has 0 spiro atoms. The Bertz CT molecular complexity index is 511. The monoisotopic (exact) mass is 361 g/mol. The van der Waals surface area contributed by atoms with Crippen LogP contribution in [0.2, 0.25) is 0 Å². The van der Waals surface area contributed by atoms with Gasteiger partial charge in [-0.15, -0.1) is 0 Å². The Morgan fingerprint density at radius 3 is 2.04 bits per heavy atom. The number of Topliss-reactive ketones (excluding diaryl/α,β-unsaturated/α-hetero) is 1. The first kappa shape index (κ1) is 21.9. The normalized spacial score (nSPS) is 14.0. The van der Waals surface area contributed by atoms with Crippen LogP contribution in [0.25, 0.3) is 0 Å². The highest BCUT2D eigenvalue weighted by Gasteiger charge is 2.22. The Hall–Kier alpha value is -2.10. The number of carboxylic acids is 1. The molecule has 3 atom stereocenters. The molecule has 10 heteroatoms. The molecule has 0 bridgehead atoms. The van der Waals surface area contributed by atoms with Crippen molar-refractivity contribution in [1.29, 1.82) is 0 Å². The van der Waals surface area contributed by atoms with Gasteiger partial charge in [-0.1, -0.05) is 0 Å². The molecule has 0 heterocycles. The van der Waals surface area contributed by atoms with Gasteiger partial charge in [-0.05, 0) is 27.0 Å². The van der Waals surface area contributed by atoms with E-state index in [2.05, 4.69) is 16.0 Å². The summed E-state index contributed by atoms with van der Waals surface area (Å²) in [6.45, 7) is 3.93. The van der Waals surface area contributed by atoms with E-state index in [1.165, 1.54) is 20.8 Å². The number of nitrogens with one attached hydrogen (secondary N) is 3. The van der Waals surface area contributed by atoms with Crippen LogP contribution >= 0.6 is 11.8 Å². The molecular weight excluding hydrogens is 338 g/mol. The number of rotatable bonds is 10. The zero-order chi connectivity index (χ0) is 18.9. The molecule has 0 rings (SSSR count). The summed E-state index contributed by atoms with van der Waals surface area (Å²) in [6.07, 6.45) is 1.24.